The minimum absolute atomic E-state index is 0.0273. The van der Waals surface area contributed by atoms with Crippen LogP contribution in [0.3, 0.4) is 0 Å². The van der Waals surface area contributed by atoms with Crippen molar-refractivity contribution < 1.29 is 14.7 Å². The molecule has 0 heterocycles. The van der Waals surface area contributed by atoms with Crippen molar-refractivity contribution in [3.8, 4) is 0 Å². The Morgan fingerprint density at radius 2 is 1.94 bits per heavy atom. The van der Waals surface area contributed by atoms with Crippen molar-refractivity contribution in [1.82, 2.24) is 0 Å². The summed E-state index contributed by atoms with van der Waals surface area (Å²) in [7, 11) is 0. The number of aldehydes is 1. The summed E-state index contributed by atoms with van der Waals surface area (Å²) < 4.78 is 0. The minimum atomic E-state index is -1.06. The molecule has 0 fully saturated rings. The lowest BCUT2D eigenvalue weighted by atomic mass is 9.85. The Kier molecular flexibility index (Phi) is 4.24. The highest BCUT2D eigenvalue weighted by Gasteiger charge is 2.14. The van der Waals surface area contributed by atoms with Crippen molar-refractivity contribution >= 4 is 18.3 Å². The van der Waals surface area contributed by atoms with Gasteiger partial charge in [0.25, 0.3) is 0 Å². The second-order valence-electron chi connectivity index (χ2n) is 5.01. The van der Waals surface area contributed by atoms with E-state index >= 15 is 0 Å². The molecule has 0 aromatic heterocycles. The van der Waals surface area contributed by atoms with Gasteiger partial charge >= 0.3 is 5.97 Å². The zero-order valence-electron chi connectivity index (χ0n) is 10.7. The van der Waals surface area contributed by atoms with E-state index in [0.29, 0.717) is 11.1 Å². The van der Waals surface area contributed by atoms with Gasteiger partial charge in [-0.15, -0.1) is 5.73 Å². The summed E-state index contributed by atoms with van der Waals surface area (Å²) in [6.45, 7) is 6.22. The van der Waals surface area contributed by atoms with Crippen LogP contribution >= 0.6 is 0 Å². The summed E-state index contributed by atoms with van der Waals surface area (Å²) in [4.78, 5) is 21.3. The zero-order chi connectivity index (χ0) is 13.8. The van der Waals surface area contributed by atoms with E-state index in [2.05, 4.69) is 26.5 Å². The maximum atomic E-state index is 10.9. The fourth-order valence-corrected chi connectivity index (χ4v) is 1.48. The Bertz CT molecular complexity index is 527. The Balaban J connectivity index is 3.27. The Morgan fingerprint density at radius 3 is 2.44 bits per heavy atom. The van der Waals surface area contributed by atoms with Crippen LogP contribution in [0.5, 0.6) is 0 Å². The van der Waals surface area contributed by atoms with Gasteiger partial charge in [-0.1, -0.05) is 32.9 Å². The molecule has 0 unspecified atom stereocenters. The highest BCUT2D eigenvalue weighted by atomic mass is 16.4. The number of hydrogen-bond donors (Lipinski definition) is 1. The summed E-state index contributed by atoms with van der Waals surface area (Å²) in [6.07, 6.45) is 3.17. The van der Waals surface area contributed by atoms with Crippen LogP contribution in [0.4, 0.5) is 0 Å². The average Bonchev–Trinajstić information content (AvgIpc) is 2.27. The first-order chi connectivity index (χ1) is 8.34. The molecule has 3 heteroatoms. The fraction of sp³-hybridized carbons (Fsp3) is 0.267. The molecule has 94 valence electrons. The fourth-order valence-electron chi connectivity index (χ4n) is 1.48. The first-order valence-electron chi connectivity index (χ1n) is 5.59. The van der Waals surface area contributed by atoms with Crippen molar-refractivity contribution in [2.24, 2.45) is 0 Å². The molecule has 0 aliphatic carbocycles. The molecule has 0 saturated carbocycles. The summed E-state index contributed by atoms with van der Waals surface area (Å²) in [6, 6.07) is 5.52. The van der Waals surface area contributed by atoms with Gasteiger partial charge in [0, 0.05) is 5.56 Å². The maximum absolute atomic E-state index is 10.9. The summed E-state index contributed by atoms with van der Waals surface area (Å²) >= 11 is 0. The average molecular weight is 244 g/mol. The van der Waals surface area contributed by atoms with Crippen LogP contribution in [-0.2, 0) is 10.2 Å². The first kappa shape index (κ1) is 13.9. The molecule has 1 rings (SSSR count). The summed E-state index contributed by atoms with van der Waals surface area (Å²) in [5.74, 6) is -1.06. The molecule has 0 radical (unpaired) electrons. The van der Waals surface area contributed by atoms with E-state index in [-0.39, 0.29) is 5.41 Å². The zero-order valence-corrected chi connectivity index (χ0v) is 10.7. The summed E-state index contributed by atoms with van der Waals surface area (Å²) in [5, 5.41) is 8.49. The molecule has 0 amide bonds. The van der Waals surface area contributed by atoms with Gasteiger partial charge in [0.2, 0.25) is 0 Å². The number of carboxylic acid groups (broad SMARTS) is 1. The maximum Gasteiger partial charge on any atom is 0.336 e. The lowest BCUT2D eigenvalue weighted by molar-refractivity contribution is -0.131. The SMILES string of the molecule is CC(C)(C)c1ccc(C=O)c(C=C=CC(=O)O)c1. The molecule has 18 heavy (non-hydrogen) atoms. The van der Waals surface area contributed by atoms with Gasteiger partial charge in [-0.25, -0.2) is 4.79 Å². The monoisotopic (exact) mass is 244 g/mol. The van der Waals surface area contributed by atoms with E-state index < -0.39 is 5.97 Å². The van der Waals surface area contributed by atoms with E-state index in [4.69, 9.17) is 5.11 Å². The normalized spacial score (nSPS) is 10.4. The molecule has 0 spiro atoms. The molecule has 0 aliphatic rings. The molecule has 0 aliphatic heterocycles. The smallest absolute Gasteiger partial charge is 0.336 e. The van der Waals surface area contributed by atoms with Crippen LogP contribution in [0.15, 0.2) is 30.0 Å². The number of carbonyl (C=O) groups is 2. The number of benzene rings is 1. The second-order valence-corrected chi connectivity index (χ2v) is 5.01. The number of carbonyl (C=O) groups excluding carboxylic acids is 1. The van der Waals surface area contributed by atoms with Crippen LogP contribution in [0.2, 0.25) is 0 Å². The molecule has 1 aromatic rings. The molecular formula is C15H16O3. The van der Waals surface area contributed by atoms with Crippen LogP contribution in [0, 0.1) is 0 Å². The molecule has 1 N–H and O–H groups in total. The molecule has 1 aromatic carbocycles. The molecule has 0 atom stereocenters. The quantitative estimate of drug-likeness (QED) is 0.505. The van der Waals surface area contributed by atoms with Crippen molar-refractivity contribution in [3.05, 3.63) is 46.7 Å². The van der Waals surface area contributed by atoms with Gasteiger partial charge < -0.3 is 5.11 Å². The van der Waals surface area contributed by atoms with Gasteiger partial charge in [-0.05, 0) is 28.7 Å². The number of carboxylic acids is 1. The molecule has 0 saturated heterocycles. The van der Waals surface area contributed by atoms with E-state index in [1.54, 1.807) is 6.07 Å². The lowest BCUT2D eigenvalue weighted by Gasteiger charge is -2.19. The van der Waals surface area contributed by atoms with Crippen LogP contribution in [0.1, 0.15) is 42.3 Å². The van der Waals surface area contributed by atoms with Crippen LogP contribution in [0.25, 0.3) is 6.08 Å². The summed E-state index contributed by atoms with van der Waals surface area (Å²) in [5.41, 5.74) is 4.80. The highest BCUT2D eigenvalue weighted by Crippen LogP contribution is 2.24. The van der Waals surface area contributed by atoms with E-state index in [1.807, 2.05) is 12.1 Å². The predicted octanol–water partition coefficient (Wildman–Crippen LogP) is 3.05. The van der Waals surface area contributed by atoms with Gasteiger partial charge in [0.15, 0.2) is 6.29 Å². The van der Waals surface area contributed by atoms with Gasteiger partial charge in [-0.2, -0.15) is 0 Å². The minimum Gasteiger partial charge on any atom is -0.478 e. The van der Waals surface area contributed by atoms with Crippen molar-refractivity contribution in [2.45, 2.75) is 26.2 Å². The third-order valence-corrected chi connectivity index (χ3v) is 2.53. The predicted molar refractivity (Wildman–Crippen MR) is 70.7 cm³/mol. The van der Waals surface area contributed by atoms with Crippen LogP contribution < -0.4 is 0 Å². The van der Waals surface area contributed by atoms with Crippen molar-refractivity contribution in [1.29, 1.82) is 0 Å². The molecule has 3 nitrogen and oxygen atoms in total. The van der Waals surface area contributed by atoms with Gasteiger partial charge in [0.1, 0.15) is 0 Å². The van der Waals surface area contributed by atoms with Gasteiger partial charge in [-0.3, -0.25) is 4.79 Å². The van der Waals surface area contributed by atoms with E-state index in [9.17, 15) is 9.59 Å². The second kappa shape index (κ2) is 5.48. The number of rotatable bonds is 3. The van der Waals surface area contributed by atoms with Crippen molar-refractivity contribution in [3.63, 3.8) is 0 Å². The number of aliphatic carboxylic acids is 1. The lowest BCUT2D eigenvalue weighted by Crippen LogP contribution is -2.11. The molecular weight excluding hydrogens is 228 g/mol. The number of hydrogen-bond acceptors (Lipinski definition) is 2. The Morgan fingerprint density at radius 1 is 1.28 bits per heavy atom. The van der Waals surface area contributed by atoms with Gasteiger partial charge in [0.05, 0.1) is 6.08 Å². The van der Waals surface area contributed by atoms with E-state index in [1.165, 1.54) is 6.08 Å². The first-order valence-corrected chi connectivity index (χ1v) is 5.59. The van der Waals surface area contributed by atoms with Crippen LogP contribution in [-0.4, -0.2) is 17.4 Å². The molecule has 0 bridgehead atoms. The topological polar surface area (TPSA) is 54.4 Å². The highest BCUT2D eigenvalue weighted by molar-refractivity contribution is 5.84. The Hall–Kier alpha value is -2.12. The largest absolute Gasteiger partial charge is 0.478 e. The van der Waals surface area contributed by atoms with E-state index in [0.717, 1.165) is 17.9 Å². The third kappa shape index (κ3) is 3.72. The standard InChI is InChI=1S/C15H16O3/c1-15(2,3)13-8-7-12(10-16)11(9-13)5-4-6-14(17)18/h5-10H,1-3H3,(H,17,18). The van der Waals surface area contributed by atoms with Crippen molar-refractivity contribution in [2.75, 3.05) is 0 Å². The third-order valence-electron chi connectivity index (χ3n) is 2.53. The Labute approximate surface area is 106 Å².